The van der Waals surface area contributed by atoms with Crippen molar-refractivity contribution >= 4 is 5.91 Å². The highest BCUT2D eigenvalue weighted by Crippen LogP contribution is 2.21. The Labute approximate surface area is 125 Å². The van der Waals surface area contributed by atoms with Gasteiger partial charge in [0.15, 0.2) is 0 Å². The van der Waals surface area contributed by atoms with Gasteiger partial charge in [0.05, 0.1) is 5.69 Å². The number of benzene rings is 1. The Morgan fingerprint density at radius 3 is 2.81 bits per heavy atom. The summed E-state index contributed by atoms with van der Waals surface area (Å²) in [6.07, 6.45) is 2.30. The summed E-state index contributed by atoms with van der Waals surface area (Å²) < 4.78 is 0. The lowest BCUT2D eigenvalue weighted by molar-refractivity contribution is 0.0677. The molecule has 1 aliphatic rings. The van der Waals surface area contributed by atoms with E-state index in [0.29, 0.717) is 11.6 Å². The minimum atomic E-state index is 0.0624. The van der Waals surface area contributed by atoms with Crippen LogP contribution in [0.1, 0.15) is 35.8 Å². The van der Waals surface area contributed by atoms with Crippen LogP contribution in [0.2, 0.25) is 0 Å². The minimum absolute atomic E-state index is 0.0624. The van der Waals surface area contributed by atoms with Crippen molar-refractivity contribution in [3.8, 4) is 11.3 Å². The normalized spacial score (nSPS) is 18.8. The average molecular weight is 283 g/mol. The Morgan fingerprint density at radius 2 is 2.10 bits per heavy atom. The number of carbonyl (C=O) groups excluding carboxylic acids is 1. The van der Waals surface area contributed by atoms with Crippen LogP contribution in [-0.4, -0.2) is 34.1 Å². The Kier molecular flexibility index (Phi) is 3.78. The van der Waals surface area contributed by atoms with Crippen LogP contribution >= 0.6 is 0 Å². The van der Waals surface area contributed by atoms with E-state index in [1.807, 2.05) is 23.1 Å². The first-order valence-electron chi connectivity index (χ1n) is 7.55. The van der Waals surface area contributed by atoms with Gasteiger partial charge in [-0.2, -0.15) is 5.10 Å². The maximum atomic E-state index is 12.5. The summed E-state index contributed by atoms with van der Waals surface area (Å²) in [6, 6.07) is 10.0. The minimum Gasteiger partial charge on any atom is -0.337 e. The molecular formula is C17H21N3O. The van der Waals surface area contributed by atoms with E-state index < -0.39 is 0 Å². The van der Waals surface area contributed by atoms with Gasteiger partial charge in [0.1, 0.15) is 5.69 Å². The number of aromatic nitrogens is 2. The fourth-order valence-corrected chi connectivity index (χ4v) is 2.85. The molecule has 0 unspecified atom stereocenters. The summed E-state index contributed by atoms with van der Waals surface area (Å²) in [7, 11) is 0. The third-order valence-corrected chi connectivity index (χ3v) is 4.10. The number of likely N-dealkylation sites (tertiary alicyclic amines) is 1. The molecule has 1 N–H and O–H groups in total. The zero-order valence-corrected chi connectivity index (χ0v) is 12.6. The van der Waals surface area contributed by atoms with Gasteiger partial charge in [0, 0.05) is 18.7 Å². The Hall–Kier alpha value is -2.10. The largest absolute Gasteiger partial charge is 0.337 e. The van der Waals surface area contributed by atoms with E-state index in [1.165, 1.54) is 12.0 Å². The van der Waals surface area contributed by atoms with Crippen molar-refractivity contribution in [2.24, 2.45) is 5.92 Å². The number of aromatic amines is 1. The molecule has 0 aliphatic carbocycles. The molecule has 1 aliphatic heterocycles. The summed E-state index contributed by atoms with van der Waals surface area (Å²) in [5, 5.41) is 7.17. The van der Waals surface area contributed by atoms with Gasteiger partial charge in [0.2, 0.25) is 0 Å². The molecule has 110 valence electrons. The number of hydrogen-bond acceptors (Lipinski definition) is 2. The van der Waals surface area contributed by atoms with Gasteiger partial charge in [-0.15, -0.1) is 0 Å². The summed E-state index contributed by atoms with van der Waals surface area (Å²) in [5.41, 5.74) is 3.65. The van der Waals surface area contributed by atoms with Crippen molar-refractivity contribution < 1.29 is 4.79 Å². The first-order chi connectivity index (χ1) is 10.1. The zero-order valence-electron chi connectivity index (χ0n) is 12.6. The number of hydrogen-bond donors (Lipinski definition) is 1. The maximum absolute atomic E-state index is 12.5. The Morgan fingerprint density at radius 1 is 1.33 bits per heavy atom. The summed E-state index contributed by atoms with van der Waals surface area (Å²) in [5.74, 6) is 0.648. The number of carbonyl (C=O) groups is 1. The van der Waals surface area contributed by atoms with Crippen LogP contribution in [0.15, 0.2) is 30.3 Å². The quantitative estimate of drug-likeness (QED) is 0.919. The molecule has 21 heavy (non-hydrogen) atoms. The van der Waals surface area contributed by atoms with Crippen LogP contribution < -0.4 is 0 Å². The van der Waals surface area contributed by atoms with Crippen molar-refractivity contribution in [2.75, 3.05) is 13.1 Å². The molecule has 2 heterocycles. The van der Waals surface area contributed by atoms with E-state index in [4.69, 9.17) is 0 Å². The SMILES string of the molecule is Cc1ccc(-c2cc(C(=O)N3CCC[C@@H](C)C3)[nH]n2)cc1. The molecular weight excluding hydrogens is 262 g/mol. The van der Waals surface area contributed by atoms with Crippen molar-refractivity contribution in [3.05, 3.63) is 41.6 Å². The number of nitrogens with one attached hydrogen (secondary N) is 1. The zero-order chi connectivity index (χ0) is 14.8. The number of H-pyrrole nitrogens is 1. The average Bonchev–Trinajstić information content (AvgIpc) is 2.97. The molecule has 1 saturated heterocycles. The van der Waals surface area contributed by atoms with E-state index in [-0.39, 0.29) is 5.91 Å². The molecule has 0 spiro atoms. The second-order valence-corrected chi connectivity index (χ2v) is 6.03. The highest BCUT2D eigenvalue weighted by Gasteiger charge is 2.23. The molecule has 1 atom stereocenters. The number of rotatable bonds is 2. The number of nitrogens with zero attached hydrogens (tertiary/aromatic N) is 2. The molecule has 0 radical (unpaired) electrons. The topological polar surface area (TPSA) is 49.0 Å². The molecule has 1 amide bonds. The van der Waals surface area contributed by atoms with Crippen molar-refractivity contribution in [1.29, 1.82) is 0 Å². The lowest BCUT2D eigenvalue weighted by Crippen LogP contribution is -2.39. The van der Waals surface area contributed by atoms with Crippen LogP contribution in [-0.2, 0) is 0 Å². The molecule has 0 bridgehead atoms. The summed E-state index contributed by atoms with van der Waals surface area (Å²) in [6.45, 7) is 5.95. The summed E-state index contributed by atoms with van der Waals surface area (Å²) >= 11 is 0. The van der Waals surface area contributed by atoms with Crippen molar-refractivity contribution in [3.63, 3.8) is 0 Å². The van der Waals surface area contributed by atoms with Gasteiger partial charge in [-0.3, -0.25) is 9.89 Å². The first-order valence-corrected chi connectivity index (χ1v) is 7.55. The Balaban J connectivity index is 1.78. The first kappa shape index (κ1) is 13.9. The van der Waals surface area contributed by atoms with Crippen LogP contribution in [0, 0.1) is 12.8 Å². The van der Waals surface area contributed by atoms with Gasteiger partial charge < -0.3 is 4.90 Å². The van der Waals surface area contributed by atoms with Crippen LogP contribution in [0.5, 0.6) is 0 Å². The van der Waals surface area contributed by atoms with E-state index in [1.54, 1.807) is 0 Å². The number of piperidine rings is 1. The van der Waals surface area contributed by atoms with Gasteiger partial charge >= 0.3 is 0 Å². The number of amides is 1. The van der Waals surface area contributed by atoms with Gasteiger partial charge in [0.25, 0.3) is 5.91 Å². The lowest BCUT2D eigenvalue weighted by Gasteiger charge is -2.30. The van der Waals surface area contributed by atoms with Crippen LogP contribution in [0.4, 0.5) is 0 Å². The van der Waals surface area contributed by atoms with Gasteiger partial charge in [-0.1, -0.05) is 36.8 Å². The molecule has 1 aromatic carbocycles. The third-order valence-electron chi connectivity index (χ3n) is 4.10. The smallest absolute Gasteiger partial charge is 0.271 e. The number of aryl methyl sites for hydroxylation is 1. The molecule has 4 heteroatoms. The second kappa shape index (κ2) is 5.72. The highest BCUT2D eigenvalue weighted by molar-refractivity contribution is 5.93. The molecule has 1 aromatic heterocycles. The standard InChI is InChI=1S/C17H21N3O/c1-12-5-7-14(8-6-12)15-10-16(19-18-15)17(21)20-9-3-4-13(2)11-20/h5-8,10,13H,3-4,9,11H2,1-2H3,(H,18,19)/t13-/m1/s1. The summed E-state index contributed by atoms with van der Waals surface area (Å²) in [4.78, 5) is 14.4. The second-order valence-electron chi connectivity index (χ2n) is 6.03. The lowest BCUT2D eigenvalue weighted by atomic mass is 10.00. The maximum Gasteiger partial charge on any atom is 0.271 e. The fourth-order valence-electron chi connectivity index (χ4n) is 2.85. The van der Waals surface area contributed by atoms with E-state index in [9.17, 15) is 4.79 Å². The molecule has 1 fully saturated rings. The molecule has 3 rings (SSSR count). The van der Waals surface area contributed by atoms with E-state index >= 15 is 0 Å². The van der Waals surface area contributed by atoms with Crippen molar-refractivity contribution in [1.82, 2.24) is 15.1 Å². The third kappa shape index (κ3) is 2.99. The predicted molar refractivity (Wildman–Crippen MR) is 83.1 cm³/mol. The van der Waals surface area contributed by atoms with E-state index in [2.05, 4.69) is 36.2 Å². The van der Waals surface area contributed by atoms with Crippen molar-refractivity contribution in [2.45, 2.75) is 26.7 Å². The van der Waals surface area contributed by atoms with E-state index in [0.717, 1.165) is 30.8 Å². The molecule has 0 saturated carbocycles. The molecule has 2 aromatic rings. The highest BCUT2D eigenvalue weighted by atomic mass is 16.2. The van der Waals surface area contributed by atoms with Gasteiger partial charge in [-0.05, 0) is 31.7 Å². The Bertz CT molecular complexity index is 630. The monoisotopic (exact) mass is 283 g/mol. The van der Waals surface area contributed by atoms with Crippen LogP contribution in [0.3, 0.4) is 0 Å². The van der Waals surface area contributed by atoms with Crippen LogP contribution in [0.25, 0.3) is 11.3 Å². The fraction of sp³-hybridized carbons (Fsp3) is 0.412. The predicted octanol–water partition coefficient (Wildman–Crippen LogP) is 3.26. The molecule has 4 nitrogen and oxygen atoms in total. The van der Waals surface area contributed by atoms with Gasteiger partial charge in [-0.25, -0.2) is 0 Å².